The van der Waals surface area contributed by atoms with Crippen LogP contribution in [-0.2, 0) is 16.2 Å². The van der Waals surface area contributed by atoms with Gasteiger partial charge in [-0.1, -0.05) is 120 Å². The van der Waals surface area contributed by atoms with Gasteiger partial charge in [0.1, 0.15) is 0 Å². The van der Waals surface area contributed by atoms with Gasteiger partial charge in [0.15, 0.2) is 0 Å². The van der Waals surface area contributed by atoms with Crippen molar-refractivity contribution in [2.45, 2.75) is 70.6 Å². The summed E-state index contributed by atoms with van der Waals surface area (Å²) < 4.78 is 5.08. The molecule has 0 radical (unpaired) electrons. The highest BCUT2D eigenvalue weighted by Crippen LogP contribution is 2.51. The van der Waals surface area contributed by atoms with Gasteiger partial charge in [0, 0.05) is 38.3 Å². The Morgan fingerprint density at radius 2 is 1.00 bits per heavy atom. The van der Waals surface area contributed by atoms with E-state index in [-0.39, 0.29) is 16.2 Å². The molecule has 0 bridgehead atoms. The molecule has 0 saturated heterocycles. The van der Waals surface area contributed by atoms with Gasteiger partial charge in [-0.2, -0.15) is 0 Å². The Kier molecular flexibility index (Phi) is 6.01. The number of nitrogens with zero attached hydrogens (tertiary/aromatic N) is 2. The number of aromatic nitrogens is 2. The fraction of sp³-hybridized carbons (Fsp3) is 0.216. The third kappa shape index (κ3) is 4.10. The van der Waals surface area contributed by atoms with Crippen molar-refractivity contribution in [1.82, 2.24) is 9.13 Å². The largest absolute Gasteiger partial charge is 0.309 e. The Balaban J connectivity index is 1.31. The summed E-state index contributed by atoms with van der Waals surface area (Å²) in [6.07, 6.45) is 2.39. The maximum absolute atomic E-state index is 2.57. The second-order valence-electron chi connectivity index (χ2n) is 17.7. The van der Waals surface area contributed by atoms with Crippen LogP contribution in [0.25, 0.3) is 76.9 Å². The van der Waals surface area contributed by atoms with Gasteiger partial charge in [0.2, 0.25) is 0 Å². The van der Waals surface area contributed by atoms with Gasteiger partial charge in [-0.15, -0.1) is 0 Å². The van der Waals surface area contributed by atoms with E-state index in [1.165, 1.54) is 112 Å². The zero-order valence-electron chi connectivity index (χ0n) is 31.5. The van der Waals surface area contributed by atoms with Crippen LogP contribution >= 0.6 is 0 Å². The van der Waals surface area contributed by atoms with Crippen molar-refractivity contribution in [2.75, 3.05) is 0 Å². The van der Waals surface area contributed by atoms with Crippen molar-refractivity contribution >= 4 is 54.4 Å². The standard InChI is InChI=1S/C51H44N2/c1-49(2)24-25-50(3,4)43-30-47-37(27-42(43)49)38-28-46-39(29-45(38)52(47)32-15-8-7-9-16-32)48-34-17-11-10-14-31(34)20-23-44(48)53(46)33-21-22-41-36(26-33)35-18-12-13-19-40(35)51(41,5)6/h7-23,26-30H,24-25H2,1-6H3. The first-order chi connectivity index (χ1) is 25.5. The fourth-order valence-corrected chi connectivity index (χ4v) is 10.3. The lowest BCUT2D eigenvalue weighted by molar-refractivity contribution is 0.332. The Morgan fingerprint density at radius 3 is 1.81 bits per heavy atom. The summed E-state index contributed by atoms with van der Waals surface area (Å²) in [5.41, 5.74) is 16.2. The molecule has 0 atom stereocenters. The van der Waals surface area contributed by atoms with Crippen LogP contribution < -0.4 is 0 Å². The molecular formula is C51H44N2. The Morgan fingerprint density at radius 1 is 0.396 bits per heavy atom. The first-order valence-corrected chi connectivity index (χ1v) is 19.3. The quantitative estimate of drug-likeness (QED) is 0.172. The molecule has 2 aliphatic carbocycles. The predicted octanol–water partition coefficient (Wildman–Crippen LogP) is 13.7. The number of rotatable bonds is 2. The second kappa shape index (κ2) is 10.3. The molecule has 0 saturated carbocycles. The summed E-state index contributed by atoms with van der Waals surface area (Å²) in [6, 6.07) is 50.8. The van der Waals surface area contributed by atoms with Crippen LogP contribution in [0.1, 0.15) is 76.6 Å². The highest BCUT2D eigenvalue weighted by molar-refractivity contribution is 6.25. The zero-order chi connectivity index (χ0) is 36.0. The Labute approximate surface area is 311 Å². The summed E-state index contributed by atoms with van der Waals surface area (Å²) >= 11 is 0. The van der Waals surface area contributed by atoms with Gasteiger partial charge in [0.05, 0.1) is 22.1 Å². The minimum atomic E-state index is -0.0333. The van der Waals surface area contributed by atoms with Crippen LogP contribution in [0.2, 0.25) is 0 Å². The molecule has 2 heterocycles. The van der Waals surface area contributed by atoms with E-state index in [9.17, 15) is 0 Å². The first-order valence-electron chi connectivity index (χ1n) is 19.3. The Bertz CT molecular complexity index is 3020. The van der Waals surface area contributed by atoms with Gasteiger partial charge in [0.25, 0.3) is 0 Å². The molecule has 0 fully saturated rings. The molecule has 0 spiro atoms. The smallest absolute Gasteiger partial charge is 0.0549 e. The van der Waals surface area contributed by atoms with Gasteiger partial charge >= 0.3 is 0 Å². The van der Waals surface area contributed by atoms with Crippen molar-refractivity contribution in [2.24, 2.45) is 0 Å². The van der Waals surface area contributed by atoms with Crippen molar-refractivity contribution < 1.29 is 0 Å². The Hall–Kier alpha value is -5.60. The van der Waals surface area contributed by atoms with Gasteiger partial charge < -0.3 is 9.13 Å². The topological polar surface area (TPSA) is 9.86 Å². The van der Waals surface area contributed by atoms with Gasteiger partial charge in [-0.3, -0.25) is 0 Å². The van der Waals surface area contributed by atoms with E-state index in [4.69, 9.17) is 0 Å². The summed E-state index contributed by atoms with van der Waals surface area (Å²) in [5, 5.41) is 7.80. The van der Waals surface area contributed by atoms with E-state index in [0.29, 0.717) is 0 Å². The molecule has 11 rings (SSSR count). The van der Waals surface area contributed by atoms with Crippen LogP contribution in [0.5, 0.6) is 0 Å². The lowest BCUT2D eigenvalue weighted by Crippen LogP contribution is -2.33. The van der Waals surface area contributed by atoms with Gasteiger partial charge in [-0.05, 0) is 122 Å². The molecule has 0 aliphatic heterocycles. The molecule has 0 N–H and O–H groups in total. The van der Waals surface area contributed by atoms with E-state index in [1.807, 2.05) is 0 Å². The zero-order valence-corrected chi connectivity index (χ0v) is 31.5. The lowest BCUT2D eigenvalue weighted by Gasteiger charge is -2.42. The third-order valence-electron chi connectivity index (χ3n) is 13.4. The number of benzene rings is 7. The number of fused-ring (bicyclic) bond motifs is 12. The molecule has 53 heavy (non-hydrogen) atoms. The van der Waals surface area contributed by atoms with Crippen molar-refractivity contribution in [3.63, 3.8) is 0 Å². The van der Waals surface area contributed by atoms with Gasteiger partial charge in [-0.25, -0.2) is 0 Å². The molecule has 7 aromatic carbocycles. The molecule has 2 aliphatic rings. The normalized spacial score (nSPS) is 16.8. The van der Waals surface area contributed by atoms with Crippen LogP contribution in [0.3, 0.4) is 0 Å². The van der Waals surface area contributed by atoms with Crippen molar-refractivity contribution in [3.8, 4) is 22.5 Å². The van der Waals surface area contributed by atoms with Crippen LogP contribution in [0.4, 0.5) is 0 Å². The molecule has 9 aromatic rings. The van der Waals surface area contributed by atoms with Crippen LogP contribution in [-0.4, -0.2) is 9.13 Å². The SMILES string of the molecule is CC1(C)CCC(C)(C)c2cc3c(cc21)c1cc2c(cc1n3-c1ccccc1)c1c3ccccc3ccc1n2-c1ccc2c(c1)-c1ccccc1C2(C)C. The van der Waals surface area contributed by atoms with E-state index >= 15 is 0 Å². The van der Waals surface area contributed by atoms with Crippen molar-refractivity contribution in [1.29, 1.82) is 0 Å². The summed E-state index contributed by atoms with van der Waals surface area (Å²) in [5.74, 6) is 0. The number of hydrogen-bond acceptors (Lipinski definition) is 0. The van der Waals surface area contributed by atoms with E-state index < -0.39 is 0 Å². The fourth-order valence-electron chi connectivity index (χ4n) is 10.3. The second-order valence-corrected chi connectivity index (χ2v) is 17.7. The number of para-hydroxylation sites is 1. The van der Waals surface area contributed by atoms with Crippen molar-refractivity contribution in [3.05, 3.63) is 156 Å². The van der Waals surface area contributed by atoms with Crippen LogP contribution in [0.15, 0.2) is 133 Å². The first kappa shape index (κ1) is 31.0. The average molecular weight is 685 g/mol. The molecule has 2 aromatic heterocycles. The molecular weight excluding hydrogens is 641 g/mol. The maximum Gasteiger partial charge on any atom is 0.0549 e. The van der Waals surface area contributed by atoms with E-state index in [0.717, 1.165) is 0 Å². The lowest BCUT2D eigenvalue weighted by atomic mass is 9.63. The summed E-state index contributed by atoms with van der Waals surface area (Å²) in [7, 11) is 0. The van der Waals surface area contributed by atoms with E-state index in [1.54, 1.807) is 0 Å². The minimum absolute atomic E-state index is 0.0333. The number of hydrogen-bond donors (Lipinski definition) is 0. The average Bonchev–Trinajstić information content (AvgIpc) is 3.75. The molecule has 0 unspecified atom stereocenters. The van der Waals surface area contributed by atoms with E-state index in [2.05, 4.69) is 184 Å². The molecule has 258 valence electrons. The third-order valence-corrected chi connectivity index (χ3v) is 13.4. The predicted molar refractivity (Wildman–Crippen MR) is 225 cm³/mol. The summed E-state index contributed by atoms with van der Waals surface area (Å²) in [4.78, 5) is 0. The highest BCUT2D eigenvalue weighted by Gasteiger charge is 2.38. The molecule has 2 nitrogen and oxygen atoms in total. The molecule has 2 heteroatoms. The minimum Gasteiger partial charge on any atom is -0.309 e. The monoisotopic (exact) mass is 684 g/mol. The van der Waals surface area contributed by atoms with Crippen LogP contribution in [0, 0.1) is 0 Å². The maximum atomic E-state index is 2.57. The highest BCUT2D eigenvalue weighted by atomic mass is 15.0. The summed E-state index contributed by atoms with van der Waals surface area (Å²) in [6.45, 7) is 14.5. The molecule has 0 amide bonds.